The number of fused-ring (bicyclic) bond motifs is 15. The zero-order chi connectivity index (χ0) is 22.7. The third-order valence-electron chi connectivity index (χ3n) is 7.96. The van der Waals surface area contributed by atoms with Gasteiger partial charge in [-0.15, -0.1) is 0 Å². The summed E-state index contributed by atoms with van der Waals surface area (Å²) in [5.74, 6) is 0. The highest BCUT2D eigenvalue weighted by molar-refractivity contribution is 6.16. The van der Waals surface area contributed by atoms with Gasteiger partial charge in [0.25, 0.3) is 0 Å². The molecule has 2 aliphatic carbocycles. The molecule has 162 valence electrons. The molecule has 0 aliphatic heterocycles. The van der Waals surface area contributed by atoms with Crippen LogP contribution in [0.1, 0.15) is 22.3 Å². The Bertz CT molecular complexity index is 2070. The molecule has 0 atom stereocenters. The van der Waals surface area contributed by atoms with Crippen LogP contribution < -0.4 is 0 Å². The summed E-state index contributed by atoms with van der Waals surface area (Å²) in [6.45, 7) is 0. The van der Waals surface area contributed by atoms with Crippen molar-refractivity contribution in [2.24, 2.45) is 0 Å². The number of hydrogen-bond donors (Lipinski definition) is 0. The van der Waals surface area contributed by atoms with Gasteiger partial charge in [0.15, 0.2) is 5.65 Å². The summed E-state index contributed by atoms with van der Waals surface area (Å²) in [6.07, 6.45) is 7.60. The van der Waals surface area contributed by atoms with Gasteiger partial charge in [0, 0.05) is 29.4 Å². The standard InChI is InChI=1S/C31H18N4/c1-2-5-20-17(4-1)12-18-13-24-19(14-23(18)20)15-25-21(24)7-8-22-26-16-32-11-9-28(26)35-30-27(6-3-10-33-30)34-31(35)29(22)25/h1-11,13-14,16H,12,15H2. The first kappa shape index (κ1) is 17.8. The minimum absolute atomic E-state index is 0.893. The van der Waals surface area contributed by atoms with Crippen LogP contribution in [0.25, 0.3) is 60.7 Å². The third kappa shape index (κ3) is 2.15. The number of benzene rings is 3. The predicted octanol–water partition coefficient (Wildman–Crippen LogP) is 6.73. The first-order valence-corrected chi connectivity index (χ1v) is 12.0. The van der Waals surface area contributed by atoms with E-state index in [0.717, 1.165) is 40.6 Å². The molecule has 4 aromatic heterocycles. The molecule has 0 fully saturated rings. The number of aromatic nitrogens is 4. The van der Waals surface area contributed by atoms with Gasteiger partial charge in [0.05, 0.1) is 5.52 Å². The van der Waals surface area contributed by atoms with Gasteiger partial charge in [-0.2, -0.15) is 0 Å². The van der Waals surface area contributed by atoms with E-state index >= 15 is 0 Å². The van der Waals surface area contributed by atoms with E-state index in [2.05, 4.69) is 64.0 Å². The van der Waals surface area contributed by atoms with Crippen molar-refractivity contribution in [1.82, 2.24) is 19.4 Å². The molecule has 0 amide bonds. The molecule has 7 aromatic rings. The molecule has 3 aromatic carbocycles. The van der Waals surface area contributed by atoms with Crippen LogP contribution in [0.4, 0.5) is 0 Å². The molecule has 0 spiro atoms. The van der Waals surface area contributed by atoms with Crippen LogP contribution in [0, 0.1) is 0 Å². The van der Waals surface area contributed by atoms with E-state index in [1.165, 1.54) is 55.3 Å². The first-order valence-electron chi connectivity index (χ1n) is 12.0. The van der Waals surface area contributed by atoms with Crippen molar-refractivity contribution in [1.29, 1.82) is 0 Å². The van der Waals surface area contributed by atoms with Gasteiger partial charge in [0.2, 0.25) is 0 Å². The number of rotatable bonds is 0. The smallest absolute Gasteiger partial charge is 0.164 e. The molecule has 9 rings (SSSR count). The average molecular weight is 447 g/mol. The van der Waals surface area contributed by atoms with Gasteiger partial charge in [-0.1, -0.05) is 36.4 Å². The van der Waals surface area contributed by atoms with Crippen molar-refractivity contribution in [2.75, 3.05) is 0 Å². The number of hydrogen-bond acceptors (Lipinski definition) is 3. The Morgan fingerprint density at radius 3 is 2.51 bits per heavy atom. The summed E-state index contributed by atoms with van der Waals surface area (Å²) in [5, 5.41) is 3.56. The van der Waals surface area contributed by atoms with Crippen LogP contribution in [0.2, 0.25) is 0 Å². The predicted molar refractivity (Wildman–Crippen MR) is 140 cm³/mol. The van der Waals surface area contributed by atoms with Crippen LogP contribution >= 0.6 is 0 Å². The first-order chi connectivity index (χ1) is 17.3. The third-order valence-corrected chi connectivity index (χ3v) is 7.96. The van der Waals surface area contributed by atoms with E-state index in [9.17, 15) is 0 Å². The maximum atomic E-state index is 5.11. The van der Waals surface area contributed by atoms with E-state index in [-0.39, 0.29) is 0 Å². The minimum Gasteiger partial charge on any atom is -0.276 e. The van der Waals surface area contributed by atoms with Gasteiger partial charge in [-0.3, -0.25) is 9.38 Å². The maximum Gasteiger partial charge on any atom is 0.164 e. The highest BCUT2D eigenvalue weighted by Crippen LogP contribution is 2.47. The summed E-state index contributed by atoms with van der Waals surface area (Å²) >= 11 is 0. The Morgan fingerprint density at radius 2 is 1.54 bits per heavy atom. The summed E-state index contributed by atoms with van der Waals surface area (Å²) in [7, 11) is 0. The number of nitrogens with zero attached hydrogens (tertiary/aromatic N) is 4. The monoisotopic (exact) mass is 446 g/mol. The van der Waals surface area contributed by atoms with Crippen LogP contribution in [0.3, 0.4) is 0 Å². The molecular formula is C31H18N4. The zero-order valence-corrected chi connectivity index (χ0v) is 18.8. The lowest BCUT2D eigenvalue weighted by atomic mass is 9.96. The van der Waals surface area contributed by atoms with Crippen LogP contribution in [-0.4, -0.2) is 19.4 Å². The van der Waals surface area contributed by atoms with E-state index in [4.69, 9.17) is 9.97 Å². The minimum atomic E-state index is 0.893. The molecule has 35 heavy (non-hydrogen) atoms. The molecule has 0 N–H and O–H groups in total. The largest absolute Gasteiger partial charge is 0.276 e. The highest BCUT2D eigenvalue weighted by atomic mass is 15.1. The van der Waals surface area contributed by atoms with Gasteiger partial charge >= 0.3 is 0 Å². The fraction of sp³-hybridized carbons (Fsp3) is 0.0645. The van der Waals surface area contributed by atoms with E-state index in [1.807, 2.05) is 30.7 Å². The lowest BCUT2D eigenvalue weighted by Gasteiger charge is -2.12. The highest BCUT2D eigenvalue weighted by Gasteiger charge is 2.28. The normalized spacial score (nSPS) is 13.5. The SMILES string of the molecule is c1ccc2c(c1)Cc1cc3c(cc1-2)Cc1c-3ccc2c3cnccc3n3c4ncccc4nc3c12. The van der Waals surface area contributed by atoms with Crippen LogP contribution in [0.5, 0.6) is 0 Å². The van der Waals surface area contributed by atoms with Gasteiger partial charge in [-0.05, 0) is 93.1 Å². The van der Waals surface area contributed by atoms with E-state index < -0.39 is 0 Å². The Labute approximate surface area is 200 Å². The average Bonchev–Trinajstić information content (AvgIpc) is 3.58. The molecule has 0 saturated carbocycles. The molecule has 4 nitrogen and oxygen atoms in total. The summed E-state index contributed by atoms with van der Waals surface area (Å²) < 4.78 is 2.22. The van der Waals surface area contributed by atoms with Gasteiger partial charge in [-0.25, -0.2) is 9.97 Å². The second-order valence-corrected chi connectivity index (χ2v) is 9.70. The molecule has 0 unspecified atom stereocenters. The second-order valence-electron chi connectivity index (χ2n) is 9.70. The van der Waals surface area contributed by atoms with Crippen molar-refractivity contribution in [3.8, 4) is 22.3 Å². The van der Waals surface area contributed by atoms with Crippen molar-refractivity contribution < 1.29 is 0 Å². The van der Waals surface area contributed by atoms with Crippen LogP contribution in [-0.2, 0) is 12.8 Å². The molecule has 0 radical (unpaired) electrons. The topological polar surface area (TPSA) is 43.1 Å². The van der Waals surface area contributed by atoms with E-state index in [1.54, 1.807) is 0 Å². The molecule has 4 heterocycles. The maximum absolute atomic E-state index is 5.11. The Morgan fingerprint density at radius 1 is 0.657 bits per heavy atom. The molecule has 0 saturated heterocycles. The summed E-state index contributed by atoms with van der Waals surface area (Å²) in [6, 6.07) is 24.3. The molecular weight excluding hydrogens is 428 g/mol. The number of pyridine rings is 3. The van der Waals surface area contributed by atoms with Crippen molar-refractivity contribution in [2.45, 2.75) is 12.8 Å². The lowest BCUT2D eigenvalue weighted by molar-refractivity contribution is 1.22. The van der Waals surface area contributed by atoms with Crippen molar-refractivity contribution in [3.63, 3.8) is 0 Å². The molecule has 0 bridgehead atoms. The fourth-order valence-electron chi connectivity index (χ4n) is 6.48. The molecule has 2 aliphatic rings. The Kier molecular flexibility index (Phi) is 3.11. The quantitative estimate of drug-likeness (QED) is 0.243. The second kappa shape index (κ2) is 6.10. The van der Waals surface area contributed by atoms with Gasteiger partial charge < -0.3 is 0 Å². The Hall–Kier alpha value is -4.57. The van der Waals surface area contributed by atoms with E-state index in [0.29, 0.717) is 0 Å². The lowest BCUT2D eigenvalue weighted by Crippen LogP contribution is -1.96. The van der Waals surface area contributed by atoms with Crippen molar-refractivity contribution >= 4 is 38.5 Å². The number of imidazole rings is 1. The van der Waals surface area contributed by atoms with Crippen LogP contribution in [0.15, 0.2) is 85.3 Å². The summed E-state index contributed by atoms with van der Waals surface area (Å²) in [4.78, 5) is 14.3. The summed E-state index contributed by atoms with van der Waals surface area (Å²) in [5.41, 5.74) is 15.0. The van der Waals surface area contributed by atoms with Crippen molar-refractivity contribution in [3.05, 3.63) is 108 Å². The zero-order valence-electron chi connectivity index (χ0n) is 18.8. The van der Waals surface area contributed by atoms with Gasteiger partial charge in [0.1, 0.15) is 11.2 Å². The molecule has 4 heteroatoms. The fourth-order valence-corrected chi connectivity index (χ4v) is 6.48. The Balaban J connectivity index is 1.40.